The standard InChI is InChI=1S/C28H27FN4S/c1-17-8-7-9-18(2)26(17)32-19(3)16-23(20(32)4)27-25(24-10-5-6-15-30-24)31-28(34)33(27)22-13-11-21(29)12-14-22/h5-16,25,27H,1-4H3,(H,31,34)/t25-,27+/m0/s1. The quantitative estimate of drug-likeness (QED) is 0.349. The van der Waals surface area contributed by atoms with E-state index in [4.69, 9.17) is 12.2 Å². The Morgan fingerprint density at radius 2 is 1.62 bits per heavy atom. The smallest absolute Gasteiger partial charge is 0.174 e. The SMILES string of the molecule is Cc1cccc(C)c1-n1c(C)cc([C@@H]2[C@H](c3ccccn3)NC(=S)N2c2ccc(F)cc2)c1C. The molecule has 1 aliphatic heterocycles. The van der Waals surface area contributed by atoms with Crippen molar-refractivity contribution < 1.29 is 4.39 Å². The Bertz CT molecular complexity index is 1340. The van der Waals surface area contributed by atoms with Crippen molar-refractivity contribution in [2.75, 3.05) is 4.90 Å². The molecular formula is C28H27FN4S. The first-order valence-electron chi connectivity index (χ1n) is 11.4. The van der Waals surface area contributed by atoms with Gasteiger partial charge in [0, 0.05) is 23.3 Å². The van der Waals surface area contributed by atoms with Crippen LogP contribution in [-0.2, 0) is 0 Å². The maximum absolute atomic E-state index is 13.7. The van der Waals surface area contributed by atoms with E-state index in [-0.39, 0.29) is 17.9 Å². The van der Waals surface area contributed by atoms with Crippen LogP contribution in [0, 0.1) is 33.5 Å². The number of rotatable bonds is 4. The first kappa shape index (κ1) is 22.3. The summed E-state index contributed by atoms with van der Waals surface area (Å²) in [5, 5.41) is 4.09. The number of nitrogens with one attached hydrogen (secondary N) is 1. The molecule has 0 aliphatic carbocycles. The molecule has 1 fully saturated rings. The lowest BCUT2D eigenvalue weighted by Crippen LogP contribution is -2.29. The number of aromatic nitrogens is 2. The normalized spacial score (nSPS) is 17.8. The van der Waals surface area contributed by atoms with Crippen molar-refractivity contribution in [2.24, 2.45) is 0 Å². The fourth-order valence-corrected chi connectivity index (χ4v) is 5.49. The molecule has 172 valence electrons. The van der Waals surface area contributed by atoms with E-state index >= 15 is 0 Å². The maximum atomic E-state index is 13.7. The van der Waals surface area contributed by atoms with Gasteiger partial charge in [0.1, 0.15) is 5.82 Å². The predicted octanol–water partition coefficient (Wildman–Crippen LogP) is 6.42. The lowest BCUT2D eigenvalue weighted by Gasteiger charge is -2.28. The van der Waals surface area contributed by atoms with Crippen LogP contribution in [0.15, 0.2) is 72.9 Å². The molecule has 0 unspecified atom stereocenters. The molecule has 0 saturated carbocycles. The van der Waals surface area contributed by atoms with Crippen LogP contribution in [0.25, 0.3) is 5.69 Å². The van der Waals surface area contributed by atoms with Crippen molar-refractivity contribution in [1.29, 1.82) is 0 Å². The van der Waals surface area contributed by atoms with Crippen molar-refractivity contribution in [3.8, 4) is 5.69 Å². The van der Waals surface area contributed by atoms with Gasteiger partial charge in [-0.25, -0.2) is 4.39 Å². The van der Waals surface area contributed by atoms with Gasteiger partial charge >= 0.3 is 0 Å². The Morgan fingerprint density at radius 3 is 2.26 bits per heavy atom. The van der Waals surface area contributed by atoms with Gasteiger partial charge in [-0.05, 0) is 99.1 Å². The maximum Gasteiger partial charge on any atom is 0.174 e. The van der Waals surface area contributed by atoms with Gasteiger partial charge in [0.2, 0.25) is 0 Å². The number of halogens is 1. The summed E-state index contributed by atoms with van der Waals surface area (Å²) in [6.07, 6.45) is 1.80. The van der Waals surface area contributed by atoms with Gasteiger partial charge in [0.25, 0.3) is 0 Å². The van der Waals surface area contributed by atoms with Gasteiger partial charge in [-0.1, -0.05) is 24.3 Å². The van der Waals surface area contributed by atoms with Crippen LogP contribution in [0.2, 0.25) is 0 Å². The first-order valence-corrected chi connectivity index (χ1v) is 11.8. The minimum atomic E-state index is -0.271. The molecule has 4 aromatic rings. The van der Waals surface area contributed by atoms with Crippen LogP contribution in [0.1, 0.15) is 45.9 Å². The van der Waals surface area contributed by atoms with E-state index in [9.17, 15) is 4.39 Å². The van der Waals surface area contributed by atoms with E-state index in [1.54, 1.807) is 18.3 Å². The van der Waals surface area contributed by atoms with Crippen molar-refractivity contribution in [1.82, 2.24) is 14.9 Å². The van der Waals surface area contributed by atoms with Crippen LogP contribution in [0.4, 0.5) is 10.1 Å². The number of para-hydroxylation sites is 1. The number of aryl methyl sites for hydroxylation is 3. The molecule has 5 rings (SSSR count). The highest BCUT2D eigenvalue weighted by atomic mass is 32.1. The minimum absolute atomic E-state index is 0.142. The van der Waals surface area contributed by atoms with Crippen LogP contribution >= 0.6 is 12.2 Å². The highest BCUT2D eigenvalue weighted by Gasteiger charge is 2.42. The summed E-state index contributed by atoms with van der Waals surface area (Å²) < 4.78 is 16.1. The van der Waals surface area contributed by atoms with Gasteiger partial charge in [-0.15, -0.1) is 0 Å². The van der Waals surface area contributed by atoms with Crippen LogP contribution in [0.3, 0.4) is 0 Å². The van der Waals surface area contributed by atoms with Gasteiger partial charge in [0.05, 0.1) is 23.5 Å². The predicted molar refractivity (Wildman–Crippen MR) is 139 cm³/mol. The average Bonchev–Trinajstić information content (AvgIpc) is 3.31. The van der Waals surface area contributed by atoms with Crippen molar-refractivity contribution >= 4 is 23.0 Å². The second-order valence-electron chi connectivity index (χ2n) is 8.88. The third kappa shape index (κ3) is 3.68. The number of pyridine rings is 1. The fraction of sp³-hybridized carbons (Fsp3) is 0.214. The number of hydrogen-bond donors (Lipinski definition) is 1. The van der Waals surface area contributed by atoms with Crippen LogP contribution in [-0.4, -0.2) is 14.7 Å². The lowest BCUT2D eigenvalue weighted by atomic mass is 9.96. The van der Waals surface area contributed by atoms with E-state index in [0.29, 0.717) is 5.11 Å². The van der Waals surface area contributed by atoms with Gasteiger partial charge in [-0.3, -0.25) is 4.98 Å². The molecule has 6 heteroatoms. The number of anilines is 1. The summed E-state index contributed by atoms with van der Waals surface area (Å²) in [5.74, 6) is -0.271. The van der Waals surface area contributed by atoms with E-state index in [2.05, 4.69) is 71.7 Å². The Balaban J connectivity index is 1.71. The second-order valence-corrected chi connectivity index (χ2v) is 9.26. The van der Waals surface area contributed by atoms with Crippen molar-refractivity contribution in [3.05, 3.63) is 113 Å². The fourth-order valence-electron chi connectivity index (χ4n) is 5.14. The molecule has 0 spiro atoms. The van der Waals surface area contributed by atoms with E-state index < -0.39 is 0 Å². The molecule has 4 nitrogen and oxygen atoms in total. The molecule has 2 aromatic carbocycles. The third-order valence-corrected chi connectivity index (χ3v) is 6.97. The molecule has 2 aromatic heterocycles. The zero-order valence-corrected chi connectivity index (χ0v) is 20.5. The Hall–Kier alpha value is -3.51. The average molecular weight is 471 g/mol. The molecule has 34 heavy (non-hydrogen) atoms. The summed E-state index contributed by atoms with van der Waals surface area (Å²) >= 11 is 5.81. The zero-order chi connectivity index (χ0) is 24.0. The van der Waals surface area contributed by atoms with Crippen molar-refractivity contribution in [3.63, 3.8) is 0 Å². The number of thiocarbonyl (C=S) groups is 1. The van der Waals surface area contributed by atoms with Gasteiger partial charge in [-0.2, -0.15) is 0 Å². The highest BCUT2D eigenvalue weighted by Crippen LogP contribution is 2.44. The summed E-state index contributed by atoms with van der Waals surface area (Å²) in [7, 11) is 0. The molecule has 3 heterocycles. The second kappa shape index (κ2) is 8.69. The van der Waals surface area contributed by atoms with E-state index in [0.717, 1.165) is 28.3 Å². The van der Waals surface area contributed by atoms with Gasteiger partial charge in [0.15, 0.2) is 5.11 Å². The first-order chi connectivity index (χ1) is 16.4. The number of benzene rings is 2. The molecule has 1 N–H and O–H groups in total. The molecule has 2 atom stereocenters. The van der Waals surface area contributed by atoms with Crippen LogP contribution < -0.4 is 10.2 Å². The Labute approximate surface area is 205 Å². The molecule has 0 radical (unpaired) electrons. The highest BCUT2D eigenvalue weighted by molar-refractivity contribution is 7.80. The Morgan fingerprint density at radius 1 is 0.912 bits per heavy atom. The zero-order valence-electron chi connectivity index (χ0n) is 19.7. The van der Waals surface area contributed by atoms with E-state index in [1.165, 1.54) is 28.9 Å². The lowest BCUT2D eigenvalue weighted by molar-refractivity contribution is 0.565. The Kier molecular flexibility index (Phi) is 5.70. The summed E-state index contributed by atoms with van der Waals surface area (Å²) in [6, 6.07) is 20.8. The molecule has 1 saturated heterocycles. The van der Waals surface area contributed by atoms with Gasteiger partial charge < -0.3 is 14.8 Å². The summed E-state index contributed by atoms with van der Waals surface area (Å²) in [6.45, 7) is 8.60. The largest absolute Gasteiger partial charge is 0.351 e. The summed E-state index contributed by atoms with van der Waals surface area (Å²) in [4.78, 5) is 6.73. The summed E-state index contributed by atoms with van der Waals surface area (Å²) in [5.41, 5.74) is 8.89. The van der Waals surface area contributed by atoms with E-state index in [1.807, 2.05) is 18.2 Å². The van der Waals surface area contributed by atoms with Crippen LogP contribution in [0.5, 0.6) is 0 Å². The third-order valence-electron chi connectivity index (χ3n) is 6.65. The molecule has 0 amide bonds. The molecule has 0 bridgehead atoms. The number of nitrogens with zero attached hydrogens (tertiary/aromatic N) is 3. The monoisotopic (exact) mass is 470 g/mol. The molecule has 1 aliphatic rings. The molecular weight excluding hydrogens is 443 g/mol. The van der Waals surface area contributed by atoms with Crippen molar-refractivity contribution in [2.45, 2.75) is 39.8 Å². The number of hydrogen-bond acceptors (Lipinski definition) is 2. The topological polar surface area (TPSA) is 33.1 Å². The minimum Gasteiger partial charge on any atom is -0.351 e.